The summed E-state index contributed by atoms with van der Waals surface area (Å²) in [6, 6.07) is 3.47. The van der Waals surface area contributed by atoms with E-state index in [1.165, 1.54) is 12.1 Å². The minimum absolute atomic E-state index is 0.0361. The van der Waals surface area contributed by atoms with E-state index in [1.807, 2.05) is 0 Å². The molecule has 11 heteroatoms. The number of likely N-dealkylation sites (tertiary alicyclic amines) is 1. The summed E-state index contributed by atoms with van der Waals surface area (Å²) >= 11 is 0. The van der Waals surface area contributed by atoms with Crippen LogP contribution in [0.25, 0.3) is 0 Å². The van der Waals surface area contributed by atoms with Gasteiger partial charge in [-0.05, 0) is 57.6 Å². The average Bonchev–Trinajstić information content (AvgIpc) is 3.20. The fourth-order valence-electron chi connectivity index (χ4n) is 4.85. The highest BCUT2D eigenvalue weighted by molar-refractivity contribution is 5.68. The molecule has 1 aromatic carbocycles. The molecule has 4 rings (SSSR count). The SMILES string of the molecule is CC(C)(C)OC(=O)N1CCc2c(C(O)N3CCC(c4cccc(F)c4C(F)(F)F)CC3)n[nH]c2C1. The Balaban J connectivity index is 1.42. The molecule has 35 heavy (non-hydrogen) atoms. The summed E-state index contributed by atoms with van der Waals surface area (Å²) in [6.07, 6.45) is -5.02. The molecule has 2 aliphatic rings. The number of nitrogens with one attached hydrogen (secondary N) is 1. The van der Waals surface area contributed by atoms with Gasteiger partial charge in [0, 0.05) is 25.2 Å². The average molecular weight is 499 g/mol. The Kier molecular flexibility index (Phi) is 6.85. The van der Waals surface area contributed by atoms with Crippen LogP contribution in [0.5, 0.6) is 0 Å². The van der Waals surface area contributed by atoms with Crippen molar-refractivity contribution in [2.45, 2.75) is 70.5 Å². The molecule has 1 atom stereocenters. The van der Waals surface area contributed by atoms with E-state index >= 15 is 0 Å². The standard InChI is InChI=1S/C24H30F4N4O3/c1-23(2,3)35-22(34)32-12-9-16-18(13-32)29-30-20(16)21(33)31-10-7-14(8-11-31)15-5-4-6-17(25)19(15)24(26,27)28/h4-6,14,21,33H,7-13H2,1-3H3,(H,29,30). The third kappa shape index (κ3) is 5.45. The number of benzene rings is 1. The van der Waals surface area contributed by atoms with E-state index in [0.717, 1.165) is 17.3 Å². The van der Waals surface area contributed by atoms with E-state index in [-0.39, 0.29) is 12.1 Å². The highest BCUT2D eigenvalue weighted by atomic mass is 19.4. The Morgan fingerprint density at radius 1 is 1.20 bits per heavy atom. The van der Waals surface area contributed by atoms with Gasteiger partial charge in [0.1, 0.15) is 17.1 Å². The van der Waals surface area contributed by atoms with Crippen molar-refractivity contribution in [3.05, 3.63) is 52.1 Å². The molecule has 1 amide bonds. The van der Waals surface area contributed by atoms with Gasteiger partial charge in [0.2, 0.25) is 0 Å². The Morgan fingerprint density at radius 3 is 2.51 bits per heavy atom. The molecule has 0 radical (unpaired) electrons. The van der Waals surface area contributed by atoms with Crippen molar-refractivity contribution in [2.24, 2.45) is 0 Å². The maximum atomic E-state index is 14.0. The smallest absolute Gasteiger partial charge is 0.419 e. The number of hydrogen-bond donors (Lipinski definition) is 2. The number of carbonyl (C=O) groups excluding carboxylic acids is 1. The second-order valence-electron chi connectivity index (χ2n) is 10.1. The van der Waals surface area contributed by atoms with Crippen molar-refractivity contribution in [1.29, 1.82) is 0 Å². The van der Waals surface area contributed by atoms with Crippen LogP contribution in [0.3, 0.4) is 0 Å². The number of rotatable bonds is 3. The molecule has 7 nitrogen and oxygen atoms in total. The lowest BCUT2D eigenvalue weighted by Gasteiger charge is -2.36. The third-order valence-corrected chi connectivity index (χ3v) is 6.51. The number of aliphatic hydroxyl groups is 1. The van der Waals surface area contributed by atoms with Crippen LogP contribution in [-0.2, 0) is 23.9 Å². The van der Waals surface area contributed by atoms with Crippen LogP contribution in [0.15, 0.2) is 18.2 Å². The highest BCUT2D eigenvalue weighted by Gasteiger charge is 2.40. The van der Waals surface area contributed by atoms with Crippen molar-refractivity contribution in [1.82, 2.24) is 20.0 Å². The molecular weight excluding hydrogens is 468 g/mol. The van der Waals surface area contributed by atoms with Gasteiger partial charge in [-0.25, -0.2) is 9.18 Å². The van der Waals surface area contributed by atoms with Gasteiger partial charge in [-0.3, -0.25) is 10.00 Å². The third-order valence-electron chi connectivity index (χ3n) is 6.51. The molecule has 2 N–H and O–H groups in total. The molecule has 1 aromatic heterocycles. The molecule has 1 fully saturated rings. The molecule has 3 heterocycles. The molecule has 0 aliphatic carbocycles. The highest BCUT2D eigenvalue weighted by Crippen LogP contribution is 2.41. The summed E-state index contributed by atoms with van der Waals surface area (Å²) in [5.41, 5.74) is 0.181. The number of H-pyrrole nitrogens is 1. The van der Waals surface area contributed by atoms with Crippen molar-refractivity contribution < 1.29 is 32.2 Å². The molecule has 0 saturated carbocycles. The van der Waals surface area contributed by atoms with Gasteiger partial charge in [-0.2, -0.15) is 18.3 Å². The number of aromatic nitrogens is 2. The number of halogens is 4. The number of piperidine rings is 1. The number of aromatic amines is 1. The first-order valence-electron chi connectivity index (χ1n) is 11.7. The summed E-state index contributed by atoms with van der Waals surface area (Å²) in [4.78, 5) is 15.7. The van der Waals surface area contributed by atoms with E-state index < -0.39 is 41.4 Å². The van der Waals surface area contributed by atoms with E-state index in [9.17, 15) is 27.5 Å². The number of fused-ring (bicyclic) bond motifs is 1. The van der Waals surface area contributed by atoms with Gasteiger partial charge in [0.15, 0.2) is 6.23 Å². The Hall–Kier alpha value is -2.66. The first-order valence-corrected chi connectivity index (χ1v) is 11.7. The van der Waals surface area contributed by atoms with E-state index in [4.69, 9.17) is 4.74 Å². The van der Waals surface area contributed by atoms with Crippen LogP contribution in [0.1, 0.15) is 73.8 Å². The maximum absolute atomic E-state index is 14.0. The Bertz CT molecular complexity index is 1070. The Morgan fingerprint density at radius 2 is 1.89 bits per heavy atom. The quantitative estimate of drug-likeness (QED) is 0.598. The molecule has 2 aromatic rings. The zero-order chi connectivity index (χ0) is 25.5. The summed E-state index contributed by atoms with van der Waals surface area (Å²) in [5, 5.41) is 18.2. The van der Waals surface area contributed by atoms with Gasteiger partial charge in [0.25, 0.3) is 0 Å². The van der Waals surface area contributed by atoms with E-state index in [0.29, 0.717) is 44.6 Å². The van der Waals surface area contributed by atoms with Crippen LogP contribution in [0.2, 0.25) is 0 Å². The number of aliphatic hydroxyl groups excluding tert-OH is 1. The Labute approximate surface area is 201 Å². The molecule has 0 bridgehead atoms. The predicted octanol–water partition coefficient (Wildman–Crippen LogP) is 4.73. The number of hydrogen-bond acceptors (Lipinski definition) is 5. The van der Waals surface area contributed by atoms with Gasteiger partial charge < -0.3 is 14.7 Å². The summed E-state index contributed by atoms with van der Waals surface area (Å²) in [6.45, 7) is 6.77. The summed E-state index contributed by atoms with van der Waals surface area (Å²) in [7, 11) is 0. The first-order chi connectivity index (χ1) is 16.3. The minimum atomic E-state index is -4.77. The van der Waals surface area contributed by atoms with Crippen LogP contribution in [0.4, 0.5) is 22.4 Å². The molecule has 1 unspecified atom stereocenters. The first kappa shape index (κ1) is 25.4. The number of amides is 1. The minimum Gasteiger partial charge on any atom is -0.444 e. The second-order valence-corrected chi connectivity index (χ2v) is 10.1. The van der Waals surface area contributed by atoms with Crippen molar-refractivity contribution >= 4 is 6.09 Å². The largest absolute Gasteiger partial charge is 0.444 e. The molecule has 2 aliphatic heterocycles. The zero-order valence-corrected chi connectivity index (χ0v) is 20.0. The van der Waals surface area contributed by atoms with Crippen molar-refractivity contribution in [3.63, 3.8) is 0 Å². The van der Waals surface area contributed by atoms with Gasteiger partial charge in [0.05, 0.1) is 17.8 Å². The maximum Gasteiger partial charge on any atom is 0.419 e. The van der Waals surface area contributed by atoms with Crippen LogP contribution >= 0.6 is 0 Å². The lowest BCUT2D eigenvalue weighted by Crippen LogP contribution is -2.40. The molecule has 0 spiro atoms. The monoisotopic (exact) mass is 498 g/mol. The van der Waals surface area contributed by atoms with E-state index in [2.05, 4.69) is 10.2 Å². The fraction of sp³-hybridized carbons (Fsp3) is 0.583. The predicted molar refractivity (Wildman–Crippen MR) is 119 cm³/mol. The van der Waals surface area contributed by atoms with Crippen molar-refractivity contribution in [3.8, 4) is 0 Å². The summed E-state index contributed by atoms with van der Waals surface area (Å²) < 4.78 is 59.7. The number of carbonyl (C=O) groups is 1. The van der Waals surface area contributed by atoms with Crippen molar-refractivity contribution in [2.75, 3.05) is 19.6 Å². The topological polar surface area (TPSA) is 81.7 Å². The van der Waals surface area contributed by atoms with Gasteiger partial charge in [-0.1, -0.05) is 12.1 Å². The molecule has 192 valence electrons. The lowest BCUT2D eigenvalue weighted by atomic mass is 9.86. The van der Waals surface area contributed by atoms with Crippen LogP contribution in [0, 0.1) is 5.82 Å². The molecular formula is C24H30F4N4O3. The molecule has 1 saturated heterocycles. The number of nitrogens with zero attached hydrogens (tertiary/aromatic N) is 3. The van der Waals surface area contributed by atoms with Crippen LogP contribution < -0.4 is 0 Å². The number of alkyl halides is 3. The van der Waals surface area contributed by atoms with Gasteiger partial charge >= 0.3 is 12.3 Å². The fourth-order valence-corrected chi connectivity index (χ4v) is 4.85. The van der Waals surface area contributed by atoms with E-state index in [1.54, 1.807) is 30.6 Å². The number of ether oxygens (including phenoxy) is 1. The van der Waals surface area contributed by atoms with Gasteiger partial charge in [-0.15, -0.1) is 0 Å². The lowest BCUT2D eigenvalue weighted by molar-refractivity contribution is -0.141. The second kappa shape index (κ2) is 9.42. The normalized spacial score (nSPS) is 18.9. The zero-order valence-electron chi connectivity index (χ0n) is 20.0. The summed E-state index contributed by atoms with van der Waals surface area (Å²) in [5.74, 6) is -1.72. The van der Waals surface area contributed by atoms with Crippen LogP contribution in [-0.4, -0.2) is 56.4 Å².